The first-order valence-electron chi connectivity index (χ1n) is 10.6. The molecule has 0 aliphatic carbocycles. The number of pyridine rings is 2. The second-order valence-corrected chi connectivity index (χ2v) is 10.3. The van der Waals surface area contributed by atoms with Crippen LogP contribution in [0.3, 0.4) is 0 Å². The standard InChI is InChI=1S/C23H23ClFN5O4S/c1-11-6-12(17-15(33-5)8-27-19(24)18(17)25)13(7-26-11)20(31)29-21-28-14-9-30(10-16(14)35-21)22(32)34-23(2,3)4/h6-8H,9-10H2,1-5H3,(H,28,29,31). The molecule has 1 N–H and O–H groups in total. The number of fused-ring (bicyclic) bond motifs is 1. The van der Waals surface area contributed by atoms with Crippen LogP contribution in [-0.4, -0.2) is 44.6 Å². The summed E-state index contributed by atoms with van der Waals surface area (Å²) in [4.78, 5) is 40.3. The number of carbonyl (C=O) groups excluding carboxylic acids is 2. The number of hydrogen-bond acceptors (Lipinski definition) is 8. The van der Waals surface area contributed by atoms with Gasteiger partial charge in [-0.15, -0.1) is 0 Å². The van der Waals surface area contributed by atoms with Gasteiger partial charge >= 0.3 is 6.09 Å². The fourth-order valence-electron chi connectivity index (χ4n) is 3.52. The lowest BCUT2D eigenvalue weighted by Gasteiger charge is -2.24. The van der Waals surface area contributed by atoms with Crippen LogP contribution in [0.1, 0.15) is 47.4 Å². The number of anilines is 1. The number of nitrogens with zero attached hydrogens (tertiary/aromatic N) is 4. The van der Waals surface area contributed by atoms with Crippen molar-refractivity contribution in [3.05, 3.63) is 51.3 Å². The van der Waals surface area contributed by atoms with Crippen molar-refractivity contribution in [2.24, 2.45) is 0 Å². The Labute approximate surface area is 210 Å². The predicted octanol–water partition coefficient (Wildman–Crippen LogP) is 5.21. The Hall–Kier alpha value is -3.31. The maximum absolute atomic E-state index is 15.0. The van der Waals surface area contributed by atoms with Crippen molar-refractivity contribution in [2.45, 2.75) is 46.4 Å². The Kier molecular flexibility index (Phi) is 6.65. The van der Waals surface area contributed by atoms with Gasteiger partial charge in [0, 0.05) is 17.5 Å². The highest BCUT2D eigenvalue weighted by Gasteiger charge is 2.31. The van der Waals surface area contributed by atoms with Crippen LogP contribution in [-0.2, 0) is 17.8 Å². The molecular weight excluding hydrogens is 497 g/mol. The van der Waals surface area contributed by atoms with E-state index in [1.807, 2.05) is 0 Å². The Bertz CT molecular complexity index is 1300. The Morgan fingerprint density at radius 1 is 1.23 bits per heavy atom. The number of aryl methyl sites for hydroxylation is 1. The van der Waals surface area contributed by atoms with E-state index in [1.165, 1.54) is 30.8 Å². The Balaban J connectivity index is 1.58. The summed E-state index contributed by atoms with van der Waals surface area (Å²) in [6, 6.07) is 1.58. The summed E-state index contributed by atoms with van der Waals surface area (Å²) in [6.07, 6.45) is 2.23. The summed E-state index contributed by atoms with van der Waals surface area (Å²) >= 11 is 7.16. The zero-order valence-electron chi connectivity index (χ0n) is 19.7. The van der Waals surface area contributed by atoms with E-state index in [1.54, 1.807) is 38.7 Å². The van der Waals surface area contributed by atoms with E-state index < -0.39 is 23.4 Å². The average Bonchev–Trinajstić information content (AvgIpc) is 3.33. The van der Waals surface area contributed by atoms with Gasteiger partial charge in [0.05, 0.1) is 48.1 Å². The van der Waals surface area contributed by atoms with E-state index in [4.69, 9.17) is 21.1 Å². The van der Waals surface area contributed by atoms with Crippen LogP contribution in [0.15, 0.2) is 18.5 Å². The van der Waals surface area contributed by atoms with Gasteiger partial charge in [0.15, 0.2) is 16.1 Å². The molecule has 0 unspecified atom stereocenters. The van der Waals surface area contributed by atoms with Crippen molar-refractivity contribution < 1.29 is 23.5 Å². The molecule has 9 nitrogen and oxygen atoms in total. The number of ether oxygens (including phenoxy) is 2. The fraction of sp³-hybridized carbons (Fsp3) is 0.348. The summed E-state index contributed by atoms with van der Waals surface area (Å²) in [7, 11) is 1.37. The van der Waals surface area contributed by atoms with Gasteiger partial charge in [-0.2, -0.15) is 0 Å². The van der Waals surface area contributed by atoms with E-state index in [2.05, 4.69) is 20.3 Å². The molecule has 0 spiro atoms. The minimum absolute atomic E-state index is 0.0118. The van der Waals surface area contributed by atoms with Crippen LogP contribution in [0.5, 0.6) is 5.75 Å². The molecule has 0 atom stereocenters. The van der Waals surface area contributed by atoms with Gasteiger partial charge in [0.2, 0.25) is 0 Å². The molecule has 0 bridgehead atoms. The second kappa shape index (κ2) is 9.38. The molecule has 12 heteroatoms. The highest BCUT2D eigenvalue weighted by Crippen LogP contribution is 2.38. The number of carbonyl (C=O) groups is 2. The van der Waals surface area contributed by atoms with Gasteiger partial charge in [0.1, 0.15) is 11.4 Å². The van der Waals surface area contributed by atoms with Crippen molar-refractivity contribution in [1.29, 1.82) is 0 Å². The summed E-state index contributed by atoms with van der Waals surface area (Å²) in [5.74, 6) is -1.21. The molecule has 35 heavy (non-hydrogen) atoms. The van der Waals surface area contributed by atoms with Crippen LogP contribution in [0.25, 0.3) is 11.1 Å². The van der Waals surface area contributed by atoms with Gasteiger partial charge in [-0.25, -0.2) is 19.2 Å². The van der Waals surface area contributed by atoms with E-state index in [9.17, 15) is 14.0 Å². The summed E-state index contributed by atoms with van der Waals surface area (Å²) < 4.78 is 25.6. The van der Waals surface area contributed by atoms with Crippen molar-refractivity contribution in [3.8, 4) is 16.9 Å². The van der Waals surface area contributed by atoms with Crippen LogP contribution < -0.4 is 10.1 Å². The summed E-state index contributed by atoms with van der Waals surface area (Å²) in [5.41, 5.74) is 1.04. The summed E-state index contributed by atoms with van der Waals surface area (Å²) in [6.45, 7) is 7.76. The number of amides is 2. The molecule has 1 aliphatic heterocycles. The Morgan fingerprint density at radius 3 is 2.63 bits per heavy atom. The lowest BCUT2D eigenvalue weighted by molar-refractivity contribution is 0.0241. The number of methoxy groups -OCH3 is 1. The number of thiazole rings is 1. The molecule has 4 rings (SSSR count). The molecule has 0 saturated heterocycles. The minimum Gasteiger partial charge on any atom is -0.494 e. The van der Waals surface area contributed by atoms with Gasteiger partial charge < -0.3 is 9.47 Å². The first-order valence-corrected chi connectivity index (χ1v) is 11.8. The maximum Gasteiger partial charge on any atom is 0.410 e. The fourth-order valence-corrected chi connectivity index (χ4v) is 4.64. The van der Waals surface area contributed by atoms with Crippen LogP contribution in [0, 0.1) is 12.7 Å². The molecular formula is C23H23ClFN5O4S. The molecule has 0 fully saturated rings. The quantitative estimate of drug-likeness (QED) is 0.471. The van der Waals surface area contributed by atoms with Crippen molar-refractivity contribution >= 4 is 40.1 Å². The van der Waals surface area contributed by atoms with Crippen molar-refractivity contribution in [1.82, 2.24) is 19.9 Å². The third kappa shape index (κ3) is 5.20. The van der Waals surface area contributed by atoms with Crippen molar-refractivity contribution in [2.75, 3.05) is 12.4 Å². The van der Waals surface area contributed by atoms with Gasteiger partial charge in [-0.1, -0.05) is 22.9 Å². The van der Waals surface area contributed by atoms with Gasteiger partial charge in [0.25, 0.3) is 5.91 Å². The lowest BCUT2D eigenvalue weighted by Crippen LogP contribution is -2.33. The van der Waals surface area contributed by atoms with Crippen LogP contribution >= 0.6 is 22.9 Å². The zero-order chi connectivity index (χ0) is 25.5. The Morgan fingerprint density at radius 2 is 1.97 bits per heavy atom. The molecule has 0 saturated carbocycles. The number of nitrogens with one attached hydrogen (secondary N) is 1. The monoisotopic (exact) mass is 519 g/mol. The highest BCUT2D eigenvalue weighted by molar-refractivity contribution is 7.16. The zero-order valence-corrected chi connectivity index (χ0v) is 21.3. The van der Waals surface area contributed by atoms with Crippen molar-refractivity contribution in [3.63, 3.8) is 0 Å². The molecule has 3 aromatic heterocycles. The SMILES string of the molecule is COc1cnc(Cl)c(F)c1-c1cc(C)ncc1C(=O)Nc1nc2c(s1)CN(C(=O)OC(C)(C)C)C2. The van der Waals surface area contributed by atoms with Gasteiger partial charge in [-0.3, -0.25) is 20.0 Å². The first-order chi connectivity index (χ1) is 16.5. The van der Waals surface area contributed by atoms with E-state index in [0.29, 0.717) is 23.1 Å². The molecule has 184 valence electrons. The first kappa shape index (κ1) is 24.8. The third-order valence-corrected chi connectivity index (χ3v) is 6.30. The molecule has 0 aromatic carbocycles. The molecule has 0 radical (unpaired) electrons. The van der Waals surface area contributed by atoms with E-state index in [-0.39, 0.29) is 34.1 Å². The molecule has 3 aromatic rings. The predicted molar refractivity (Wildman–Crippen MR) is 129 cm³/mol. The minimum atomic E-state index is -0.805. The molecule has 1 aliphatic rings. The largest absolute Gasteiger partial charge is 0.494 e. The number of rotatable bonds is 4. The highest BCUT2D eigenvalue weighted by atomic mass is 35.5. The van der Waals surface area contributed by atoms with E-state index >= 15 is 0 Å². The number of halogens is 2. The van der Waals surface area contributed by atoms with Crippen LogP contribution in [0.4, 0.5) is 14.3 Å². The lowest BCUT2D eigenvalue weighted by atomic mass is 10.00. The number of hydrogen-bond donors (Lipinski definition) is 1. The number of aromatic nitrogens is 3. The molecule has 4 heterocycles. The maximum atomic E-state index is 15.0. The third-order valence-electron chi connectivity index (χ3n) is 5.04. The van der Waals surface area contributed by atoms with Crippen LogP contribution in [0.2, 0.25) is 5.15 Å². The topological polar surface area (TPSA) is 107 Å². The smallest absolute Gasteiger partial charge is 0.410 e. The normalized spacial score (nSPS) is 12.9. The van der Waals surface area contributed by atoms with Gasteiger partial charge in [-0.05, 0) is 33.8 Å². The second-order valence-electron chi connectivity index (χ2n) is 8.86. The van der Waals surface area contributed by atoms with E-state index in [0.717, 1.165) is 4.88 Å². The average molecular weight is 520 g/mol. The summed E-state index contributed by atoms with van der Waals surface area (Å²) in [5, 5.41) is 2.77. The molecule has 2 amide bonds.